The molecule has 4 rings (SSSR count). The SMILES string of the molecule is Cc1cc(S(=O)(=O)N2CCN(C(=O)CSc3nc4ccccc4o3)CC2)c(C)s1. The fourth-order valence-corrected chi connectivity index (χ4v) is 7.00. The number of oxazole rings is 1. The van der Waals surface area contributed by atoms with Gasteiger partial charge in [0.25, 0.3) is 5.22 Å². The number of benzene rings is 1. The third kappa shape index (κ3) is 4.20. The number of para-hydroxylation sites is 2. The van der Waals surface area contributed by atoms with Gasteiger partial charge in [0.2, 0.25) is 15.9 Å². The number of hydrogen-bond acceptors (Lipinski definition) is 7. The van der Waals surface area contributed by atoms with Gasteiger partial charge in [-0.1, -0.05) is 23.9 Å². The molecule has 154 valence electrons. The van der Waals surface area contributed by atoms with Crippen molar-refractivity contribution in [3.05, 3.63) is 40.1 Å². The maximum atomic E-state index is 12.9. The van der Waals surface area contributed by atoms with Crippen LogP contribution >= 0.6 is 23.1 Å². The highest BCUT2D eigenvalue weighted by atomic mass is 32.2. The molecular formula is C19H21N3O4S3. The second-order valence-electron chi connectivity index (χ2n) is 6.80. The molecule has 1 saturated heterocycles. The lowest BCUT2D eigenvalue weighted by Crippen LogP contribution is -2.51. The minimum atomic E-state index is -3.52. The molecule has 3 heterocycles. The van der Waals surface area contributed by atoms with Crippen molar-refractivity contribution in [2.24, 2.45) is 0 Å². The van der Waals surface area contributed by atoms with Gasteiger partial charge in [0, 0.05) is 35.9 Å². The van der Waals surface area contributed by atoms with Crippen LogP contribution in [0.5, 0.6) is 0 Å². The van der Waals surface area contributed by atoms with Crippen molar-refractivity contribution in [3.63, 3.8) is 0 Å². The number of carbonyl (C=O) groups excluding carboxylic acids is 1. The van der Waals surface area contributed by atoms with Gasteiger partial charge in [-0.25, -0.2) is 13.4 Å². The second-order valence-corrected chi connectivity index (χ2v) is 11.1. The van der Waals surface area contributed by atoms with Crippen LogP contribution in [0.15, 0.2) is 44.9 Å². The van der Waals surface area contributed by atoms with Crippen LogP contribution in [-0.2, 0) is 14.8 Å². The Kier molecular flexibility index (Phi) is 5.69. The molecule has 0 atom stereocenters. The van der Waals surface area contributed by atoms with Crippen molar-refractivity contribution >= 4 is 50.1 Å². The Morgan fingerprint density at radius 2 is 1.93 bits per heavy atom. The smallest absolute Gasteiger partial charge is 0.257 e. The van der Waals surface area contributed by atoms with Crippen LogP contribution in [-0.4, -0.2) is 60.4 Å². The molecule has 10 heteroatoms. The third-order valence-corrected chi connectivity index (χ3v) is 8.73. The summed E-state index contributed by atoms with van der Waals surface area (Å²) in [4.78, 5) is 20.8. The van der Waals surface area contributed by atoms with Crippen LogP contribution < -0.4 is 0 Å². The van der Waals surface area contributed by atoms with E-state index < -0.39 is 10.0 Å². The first kappa shape index (κ1) is 20.4. The van der Waals surface area contributed by atoms with Gasteiger partial charge < -0.3 is 9.32 Å². The molecule has 0 radical (unpaired) electrons. The fraction of sp³-hybridized carbons (Fsp3) is 0.368. The Morgan fingerprint density at radius 3 is 2.59 bits per heavy atom. The lowest BCUT2D eigenvalue weighted by atomic mass is 10.3. The van der Waals surface area contributed by atoms with Crippen LogP contribution in [0.1, 0.15) is 9.75 Å². The van der Waals surface area contributed by atoms with Crippen LogP contribution in [0.4, 0.5) is 0 Å². The monoisotopic (exact) mass is 451 g/mol. The normalized spacial score (nSPS) is 15.9. The van der Waals surface area contributed by atoms with Gasteiger partial charge in [-0.15, -0.1) is 11.3 Å². The number of piperazine rings is 1. The predicted octanol–water partition coefficient (Wildman–Crippen LogP) is 3.13. The molecule has 1 aromatic carbocycles. The van der Waals surface area contributed by atoms with Crippen molar-refractivity contribution in [3.8, 4) is 0 Å². The average molecular weight is 452 g/mol. The van der Waals surface area contributed by atoms with Gasteiger partial charge >= 0.3 is 0 Å². The summed E-state index contributed by atoms with van der Waals surface area (Å²) in [7, 11) is -3.52. The summed E-state index contributed by atoms with van der Waals surface area (Å²) in [5, 5.41) is 0.462. The van der Waals surface area contributed by atoms with E-state index in [0.717, 1.165) is 15.3 Å². The number of hydrogen-bond donors (Lipinski definition) is 0. The zero-order valence-corrected chi connectivity index (χ0v) is 18.6. The number of aromatic nitrogens is 1. The number of rotatable bonds is 5. The maximum Gasteiger partial charge on any atom is 0.257 e. The van der Waals surface area contributed by atoms with E-state index >= 15 is 0 Å². The van der Waals surface area contributed by atoms with E-state index in [-0.39, 0.29) is 11.7 Å². The average Bonchev–Trinajstić information content (AvgIpc) is 3.28. The van der Waals surface area contributed by atoms with Gasteiger partial charge in [0.1, 0.15) is 5.52 Å². The molecule has 1 fully saturated rings. The van der Waals surface area contributed by atoms with Crippen molar-refractivity contribution < 1.29 is 17.6 Å². The molecule has 1 amide bonds. The number of amides is 1. The van der Waals surface area contributed by atoms with E-state index in [2.05, 4.69) is 4.98 Å². The van der Waals surface area contributed by atoms with Gasteiger partial charge in [-0.05, 0) is 32.0 Å². The standard InChI is InChI=1S/C19H21N3O4S3/c1-13-11-17(14(2)28-13)29(24,25)22-9-7-21(8-10-22)18(23)12-27-19-20-15-5-3-4-6-16(15)26-19/h3-6,11H,7-10,12H2,1-2H3. The number of carbonyl (C=O) groups is 1. The van der Waals surface area contributed by atoms with E-state index in [1.165, 1.54) is 27.4 Å². The van der Waals surface area contributed by atoms with Gasteiger partial charge in [-0.2, -0.15) is 4.31 Å². The van der Waals surface area contributed by atoms with Crippen molar-refractivity contribution in [2.75, 3.05) is 31.9 Å². The van der Waals surface area contributed by atoms with Gasteiger partial charge in [0.05, 0.1) is 10.6 Å². The van der Waals surface area contributed by atoms with E-state index in [0.29, 0.717) is 41.9 Å². The predicted molar refractivity (Wildman–Crippen MR) is 114 cm³/mol. The van der Waals surface area contributed by atoms with E-state index in [1.54, 1.807) is 11.0 Å². The molecule has 0 unspecified atom stereocenters. The van der Waals surface area contributed by atoms with Crippen LogP contribution in [0, 0.1) is 13.8 Å². The summed E-state index contributed by atoms with van der Waals surface area (Å²) in [6.07, 6.45) is 0. The van der Waals surface area contributed by atoms with Crippen molar-refractivity contribution in [2.45, 2.75) is 24.0 Å². The highest BCUT2D eigenvalue weighted by Gasteiger charge is 2.31. The van der Waals surface area contributed by atoms with E-state index in [1.807, 2.05) is 38.1 Å². The molecule has 2 aromatic heterocycles. The van der Waals surface area contributed by atoms with Crippen molar-refractivity contribution in [1.29, 1.82) is 0 Å². The summed E-state index contributed by atoms with van der Waals surface area (Å²) >= 11 is 2.74. The van der Waals surface area contributed by atoms with Crippen LogP contribution in [0.25, 0.3) is 11.1 Å². The summed E-state index contributed by atoms with van der Waals surface area (Å²) in [6.45, 7) is 5.10. The summed E-state index contributed by atoms with van der Waals surface area (Å²) in [5.74, 6) is 0.166. The summed E-state index contributed by atoms with van der Waals surface area (Å²) < 4.78 is 32.9. The highest BCUT2D eigenvalue weighted by molar-refractivity contribution is 7.99. The molecule has 29 heavy (non-hydrogen) atoms. The molecule has 0 N–H and O–H groups in total. The van der Waals surface area contributed by atoms with Crippen LogP contribution in [0.2, 0.25) is 0 Å². The minimum absolute atomic E-state index is 0.0446. The number of nitrogens with zero attached hydrogens (tertiary/aromatic N) is 3. The molecule has 3 aromatic rings. The lowest BCUT2D eigenvalue weighted by molar-refractivity contribution is -0.129. The lowest BCUT2D eigenvalue weighted by Gasteiger charge is -2.33. The Balaban J connectivity index is 1.34. The number of aryl methyl sites for hydroxylation is 2. The zero-order valence-electron chi connectivity index (χ0n) is 16.1. The number of fused-ring (bicyclic) bond motifs is 1. The maximum absolute atomic E-state index is 12.9. The highest BCUT2D eigenvalue weighted by Crippen LogP contribution is 2.28. The summed E-state index contributed by atoms with van der Waals surface area (Å²) in [6, 6.07) is 9.19. The quantitative estimate of drug-likeness (QED) is 0.554. The van der Waals surface area contributed by atoms with Crippen molar-refractivity contribution in [1.82, 2.24) is 14.2 Å². The Bertz CT molecular complexity index is 1110. The number of thiophene rings is 1. The van der Waals surface area contributed by atoms with E-state index in [4.69, 9.17) is 4.42 Å². The Labute approximate surface area is 177 Å². The Hall–Kier alpha value is -1.88. The molecule has 1 aliphatic heterocycles. The van der Waals surface area contributed by atoms with E-state index in [9.17, 15) is 13.2 Å². The number of sulfonamides is 1. The molecule has 0 saturated carbocycles. The van der Waals surface area contributed by atoms with Crippen LogP contribution in [0.3, 0.4) is 0 Å². The Morgan fingerprint density at radius 1 is 1.21 bits per heavy atom. The topological polar surface area (TPSA) is 83.7 Å². The molecule has 1 aliphatic rings. The molecule has 0 aliphatic carbocycles. The largest absolute Gasteiger partial charge is 0.431 e. The second kappa shape index (κ2) is 8.10. The molecule has 0 spiro atoms. The first-order chi connectivity index (χ1) is 13.8. The van der Waals surface area contributed by atoms with Gasteiger partial charge in [0.15, 0.2) is 5.58 Å². The molecule has 0 bridgehead atoms. The molecular weight excluding hydrogens is 430 g/mol. The van der Waals surface area contributed by atoms with Gasteiger partial charge in [-0.3, -0.25) is 4.79 Å². The third-order valence-electron chi connectivity index (χ3n) is 4.80. The number of thioether (sulfide) groups is 1. The molecule has 7 nitrogen and oxygen atoms in total. The first-order valence-electron chi connectivity index (χ1n) is 9.18. The fourth-order valence-electron chi connectivity index (χ4n) is 3.31. The zero-order chi connectivity index (χ0) is 20.6. The minimum Gasteiger partial charge on any atom is -0.431 e. The summed E-state index contributed by atoms with van der Waals surface area (Å²) in [5.41, 5.74) is 1.46. The first-order valence-corrected chi connectivity index (χ1v) is 12.4.